The number of alkyl halides is 3. The molecule has 0 aliphatic heterocycles. The smallest absolute Gasteiger partial charge is 0.417 e. The van der Waals surface area contributed by atoms with E-state index in [2.05, 4.69) is 10.3 Å². The molecule has 0 bridgehead atoms. The van der Waals surface area contributed by atoms with E-state index < -0.39 is 23.4 Å². The molecule has 5 nitrogen and oxygen atoms in total. The Kier molecular flexibility index (Phi) is 5.03. The number of hydrogen-bond donors (Lipinski definition) is 1. The van der Waals surface area contributed by atoms with Crippen LogP contribution in [0.25, 0.3) is 5.65 Å². The number of nitrogens with one attached hydrogen (secondary N) is 1. The van der Waals surface area contributed by atoms with Crippen molar-refractivity contribution in [2.24, 2.45) is 0 Å². The zero-order valence-electron chi connectivity index (χ0n) is 13.7. The third-order valence-electron chi connectivity index (χ3n) is 2.80. The summed E-state index contributed by atoms with van der Waals surface area (Å²) in [5.41, 5.74) is -1.16. The van der Waals surface area contributed by atoms with Crippen LogP contribution >= 0.6 is 11.8 Å². The van der Waals surface area contributed by atoms with Crippen LogP contribution in [0.2, 0.25) is 0 Å². The first kappa shape index (κ1) is 18.4. The molecule has 2 rings (SSSR count). The number of ether oxygens (including phenoxy) is 1. The molecule has 2 aromatic heterocycles. The maximum absolute atomic E-state index is 12.9. The van der Waals surface area contributed by atoms with E-state index in [9.17, 15) is 18.0 Å². The van der Waals surface area contributed by atoms with Gasteiger partial charge in [0.15, 0.2) is 5.82 Å². The average molecular weight is 361 g/mol. The van der Waals surface area contributed by atoms with Crippen molar-refractivity contribution in [3.8, 4) is 0 Å². The van der Waals surface area contributed by atoms with Gasteiger partial charge in [-0.05, 0) is 38.7 Å². The number of imidazole rings is 1. The van der Waals surface area contributed by atoms with Gasteiger partial charge >= 0.3 is 12.3 Å². The highest BCUT2D eigenvalue weighted by atomic mass is 32.2. The molecule has 0 atom stereocenters. The topological polar surface area (TPSA) is 55.6 Å². The summed E-state index contributed by atoms with van der Waals surface area (Å²) in [7, 11) is 0. The van der Waals surface area contributed by atoms with Crippen LogP contribution in [0.1, 0.15) is 33.3 Å². The van der Waals surface area contributed by atoms with Crippen LogP contribution in [-0.4, -0.2) is 26.8 Å². The SMILES string of the molecule is CCSc1c(NC(=O)OC(C)(C)C)nc2ccc(C(F)(F)F)cn12. The number of thioether (sulfide) groups is 1. The number of carbonyl (C=O) groups excluding carboxylic acids is 1. The zero-order chi connectivity index (χ0) is 18.1. The number of rotatable bonds is 3. The zero-order valence-corrected chi connectivity index (χ0v) is 14.5. The molecule has 1 amide bonds. The van der Waals surface area contributed by atoms with Crippen molar-refractivity contribution in [1.29, 1.82) is 0 Å². The first-order valence-electron chi connectivity index (χ1n) is 7.23. The second-order valence-electron chi connectivity index (χ2n) is 5.97. The van der Waals surface area contributed by atoms with Gasteiger partial charge in [-0.1, -0.05) is 6.92 Å². The monoisotopic (exact) mass is 361 g/mol. The number of hydrogen-bond acceptors (Lipinski definition) is 4. The third-order valence-corrected chi connectivity index (χ3v) is 3.75. The highest BCUT2D eigenvalue weighted by molar-refractivity contribution is 7.99. The number of pyridine rings is 1. The van der Waals surface area contributed by atoms with Crippen LogP contribution < -0.4 is 5.32 Å². The number of nitrogens with zero attached hydrogens (tertiary/aromatic N) is 2. The van der Waals surface area contributed by atoms with E-state index in [4.69, 9.17) is 4.74 Å². The quantitative estimate of drug-likeness (QED) is 0.797. The van der Waals surface area contributed by atoms with E-state index in [1.165, 1.54) is 22.2 Å². The predicted molar refractivity (Wildman–Crippen MR) is 86.4 cm³/mol. The van der Waals surface area contributed by atoms with Gasteiger partial charge in [-0.2, -0.15) is 13.2 Å². The van der Waals surface area contributed by atoms with Gasteiger partial charge in [0.1, 0.15) is 16.3 Å². The maximum atomic E-state index is 12.9. The second kappa shape index (κ2) is 6.54. The lowest BCUT2D eigenvalue weighted by atomic mass is 10.2. The van der Waals surface area contributed by atoms with Crippen molar-refractivity contribution < 1.29 is 22.7 Å². The fraction of sp³-hybridized carbons (Fsp3) is 0.467. The Morgan fingerprint density at radius 2 is 2.00 bits per heavy atom. The summed E-state index contributed by atoms with van der Waals surface area (Å²) in [6, 6.07) is 2.22. The van der Waals surface area contributed by atoms with Gasteiger partial charge in [-0.15, -0.1) is 11.8 Å². The van der Waals surface area contributed by atoms with Gasteiger partial charge in [0.05, 0.1) is 5.56 Å². The Balaban J connectivity index is 2.43. The van der Waals surface area contributed by atoms with E-state index in [-0.39, 0.29) is 5.82 Å². The van der Waals surface area contributed by atoms with Crippen molar-refractivity contribution in [2.45, 2.75) is 44.5 Å². The largest absolute Gasteiger partial charge is 0.444 e. The van der Waals surface area contributed by atoms with Gasteiger partial charge in [0, 0.05) is 6.20 Å². The molecule has 0 saturated carbocycles. The van der Waals surface area contributed by atoms with Gasteiger partial charge in [0.25, 0.3) is 0 Å². The summed E-state index contributed by atoms with van der Waals surface area (Å²) in [4.78, 5) is 16.1. The molecule has 0 saturated heterocycles. The molecule has 132 valence electrons. The fourth-order valence-electron chi connectivity index (χ4n) is 1.95. The minimum absolute atomic E-state index is 0.176. The number of carbonyl (C=O) groups is 1. The van der Waals surface area contributed by atoms with Gasteiger partial charge in [-0.25, -0.2) is 9.78 Å². The number of aromatic nitrogens is 2. The van der Waals surface area contributed by atoms with Crippen molar-refractivity contribution in [2.75, 3.05) is 11.1 Å². The minimum atomic E-state index is -4.45. The lowest BCUT2D eigenvalue weighted by Crippen LogP contribution is -2.27. The molecule has 1 N–H and O–H groups in total. The number of fused-ring (bicyclic) bond motifs is 1. The Labute approximate surface area is 141 Å². The Morgan fingerprint density at radius 1 is 1.33 bits per heavy atom. The molecule has 2 aromatic rings. The first-order valence-corrected chi connectivity index (χ1v) is 8.22. The van der Waals surface area contributed by atoms with E-state index >= 15 is 0 Å². The molecule has 0 radical (unpaired) electrons. The lowest BCUT2D eigenvalue weighted by molar-refractivity contribution is -0.137. The van der Waals surface area contributed by atoms with Crippen LogP contribution in [0.15, 0.2) is 23.4 Å². The normalized spacial score (nSPS) is 12.5. The molecule has 0 fully saturated rings. The number of amides is 1. The number of anilines is 1. The van der Waals surface area contributed by atoms with Crippen LogP contribution in [-0.2, 0) is 10.9 Å². The Hall–Kier alpha value is -1.90. The standard InChI is InChI=1S/C15H18F3N3O2S/c1-5-24-12-11(20-13(22)23-14(2,3)4)19-10-7-6-9(8-21(10)12)15(16,17)18/h6-8H,5H2,1-4H3,(H,20,22). The van der Waals surface area contributed by atoms with Gasteiger partial charge in [-0.3, -0.25) is 9.72 Å². The Morgan fingerprint density at radius 3 is 2.54 bits per heavy atom. The molecule has 2 heterocycles. The van der Waals surface area contributed by atoms with Crippen molar-refractivity contribution in [3.05, 3.63) is 23.9 Å². The lowest BCUT2D eigenvalue weighted by Gasteiger charge is -2.19. The molecule has 0 unspecified atom stereocenters. The van der Waals surface area contributed by atoms with Crippen molar-refractivity contribution in [1.82, 2.24) is 9.38 Å². The summed E-state index contributed by atoms with van der Waals surface area (Å²) >= 11 is 1.28. The fourth-order valence-corrected chi connectivity index (χ4v) is 2.74. The summed E-state index contributed by atoms with van der Waals surface area (Å²) in [5, 5.41) is 2.93. The van der Waals surface area contributed by atoms with Gasteiger partial charge < -0.3 is 4.74 Å². The summed E-state index contributed by atoms with van der Waals surface area (Å²) in [5.74, 6) is 0.781. The molecule has 24 heavy (non-hydrogen) atoms. The molecule has 0 aliphatic carbocycles. The van der Waals surface area contributed by atoms with Crippen LogP contribution in [0.3, 0.4) is 0 Å². The third kappa shape index (κ3) is 4.34. The van der Waals surface area contributed by atoms with Crippen molar-refractivity contribution in [3.63, 3.8) is 0 Å². The maximum Gasteiger partial charge on any atom is 0.417 e. The molecule has 0 aliphatic rings. The van der Waals surface area contributed by atoms with Crippen molar-refractivity contribution >= 4 is 29.3 Å². The highest BCUT2D eigenvalue weighted by Crippen LogP contribution is 2.33. The van der Waals surface area contributed by atoms with Crippen LogP contribution in [0.4, 0.5) is 23.8 Å². The van der Waals surface area contributed by atoms with E-state index in [0.717, 1.165) is 12.3 Å². The molecular weight excluding hydrogens is 343 g/mol. The van der Waals surface area contributed by atoms with E-state index in [0.29, 0.717) is 16.4 Å². The molecule has 0 aromatic carbocycles. The Bertz CT molecular complexity index is 751. The summed E-state index contributed by atoms with van der Waals surface area (Å²) in [6.45, 7) is 7.00. The first-order chi connectivity index (χ1) is 11.0. The number of halogens is 3. The molecule has 0 spiro atoms. The molecule has 9 heteroatoms. The van der Waals surface area contributed by atoms with E-state index in [1.807, 2.05) is 6.92 Å². The van der Waals surface area contributed by atoms with Crippen LogP contribution in [0.5, 0.6) is 0 Å². The van der Waals surface area contributed by atoms with E-state index in [1.54, 1.807) is 20.8 Å². The minimum Gasteiger partial charge on any atom is -0.444 e. The summed E-state index contributed by atoms with van der Waals surface area (Å²) < 4.78 is 45.2. The predicted octanol–water partition coefficient (Wildman–Crippen LogP) is 4.81. The average Bonchev–Trinajstić information content (AvgIpc) is 2.73. The summed E-state index contributed by atoms with van der Waals surface area (Å²) in [6.07, 6.45) is -4.19. The van der Waals surface area contributed by atoms with Gasteiger partial charge in [0.2, 0.25) is 0 Å². The van der Waals surface area contributed by atoms with Crippen LogP contribution in [0, 0.1) is 0 Å². The highest BCUT2D eigenvalue weighted by Gasteiger charge is 2.31. The second-order valence-corrected chi connectivity index (χ2v) is 7.22. The molecular formula is C15H18F3N3O2S.